The van der Waals surface area contributed by atoms with Crippen molar-refractivity contribution < 1.29 is 13.9 Å². The Labute approximate surface area is 123 Å². The van der Waals surface area contributed by atoms with Crippen molar-refractivity contribution in [2.45, 2.75) is 38.7 Å². The average Bonchev–Trinajstić information content (AvgIpc) is 2.74. The highest BCUT2D eigenvalue weighted by Gasteiger charge is 2.30. The van der Waals surface area contributed by atoms with Crippen molar-refractivity contribution in [2.24, 2.45) is 0 Å². The van der Waals surface area contributed by atoms with Gasteiger partial charge in [0.25, 0.3) is 0 Å². The number of nitrogens with zero attached hydrogens (tertiary/aromatic N) is 1. The Balaban J connectivity index is 2.03. The SMILES string of the molecule is CC(C)(C)OC(=O)N1CCC(c2cc(F)cc(Cl)c2)C1. The molecule has 0 bridgehead atoms. The monoisotopic (exact) mass is 299 g/mol. The third-order valence-electron chi connectivity index (χ3n) is 3.20. The molecule has 1 unspecified atom stereocenters. The van der Waals surface area contributed by atoms with E-state index in [2.05, 4.69) is 0 Å². The third-order valence-corrected chi connectivity index (χ3v) is 3.41. The zero-order valence-corrected chi connectivity index (χ0v) is 12.7. The van der Waals surface area contributed by atoms with Crippen LogP contribution < -0.4 is 0 Å². The summed E-state index contributed by atoms with van der Waals surface area (Å²) >= 11 is 5.87. The van der Waals surface area contributed by atoms with Gasteiger partial charge in [0, 0.05) is 24.0 Å². The largest absolute Gasteiger partial charge is 0.444 e. The molecule has 1 heterocycles. The van der Waals surface area contributed by atoms with Gasteiger partial charge in [-0.1, -0.05) is 11.6 Å². The summed E-state index contributed by atoms with van der Waals surface area (Å²) in [4.78, 5) is 13.6. The molecule has 20 heavy (non-hydrogen) atoms. The van der Waals surface area contributed by atoms with Crippen molar-refractivity contribution >= 4 is 17.7 Å². The van der Waals surface area contributed by atoms with Gasteiger partial charge >= 0.3 is 6.09 Å². The van der Waals surface area contributed by atoms with Crippen molar-refractivity contribution in [3.05, 3.63) is 34.6 Å². The van der Waals surface area contributed by atoms with E-state index in [0.29, 0.717) is 18.1 Å². The molecular formula is C15H19ClFNO2. The summed E-state index contributed by atoms with van der Waals surface area (Å²) < 4.78 is 18.7. The van der Waals surface area contributed by atoms with Crippen LogP contribution in [-0.2, 0) is 4.74 Å². The highest BCUT2D eigenvalue weighted by Crippen LogP contribution is 2.30. The van der Waals surface area contributed by atoms with Gasteiger partial charge in [-0.05, 0) is 51.0 Å². The summed E-state index contributed by atoms with van der Waals surface area (Å²) in [6, 6.07) is 4.52. The number of rotatable bonds is 1. The molecule has 1 aliphatic rings. The quantitative estimate of drug-likeness (QED) is 0.777. The summed E-state index contributed by atoms with van der Waals surface area (Å²) in [5, 5.41) is 0.385. The van der Waals surface area contributed by atoms with Crippen LogP contribution in [0.2, 0.25) is 5.02 Å². The second-order valence-corrected chi connectivity index (χ2v) is 6.55. The van der Waals surface area contributed by atoms with Crippen LogP contribution >= 0.6 is 11.6 Å². The molecule has 1 aromatic rings. The maximum atomic E-state index is 13.4. The number of hydrogen-bond acceptors (Lipinski definition) is 2. The van der Waals surface area contributed by atoms with E-state index in [1.165, 1.54) is 12.1 Å². The maximum absolute atomic E-state index is 13.4. The molecule has 5 heteroatoms. The Hall–Kier alpha value is -1.29. The molecule has 3 nitrogen and oxygen atoms in total. The minimum atomic E-state index is -0.503. The van der Waals surface area contributed by atoms with Gasteiger partial charge in [-0.3, -0.25) is 0 Å². The molecule has 110 valence electrons. The number of hydrogen-bond donors (Lipinski definition) is 0. The molecule has 1 atom stereocenters. The first-order valence-corrected chi connectivity index (χ1v) is 7.06. The Morgan fingerprint density at radius 2 is 2.10 bits per heavy atom. The highest BCUT2D eigenvalue weighted by molar-refractivity contribution is 6.30. The zero-order chi connectivity index (χ0) is 14.9. The number of amides is 1. The van der Waals surface area contributed by atoms with Crippen LogP contribution in [0.3, 0.4) is 0 Å². The maximum Gasteiger partial charge on any atom is 0.410 e. The molecule has 1 aromatic carbocycles. The molecule has 0 spiro atoms. The standard InChI is InChI=1S/C15H19ClFNO2/c1-15(2,3)20-14(19)18-5-4-10(9-18)11-6-12(16)8-13(17)7-11/h6-8,10H,4-5,9H2,1-3H3. The average molecular weight is 300 g/mol. The lowest BCUT2D eigenvalue weighted by Crippen LogP contribution is -2.35. The molecular weight excluding hydrogens is 281 g/mol. The Bertz CT molecular complexity index is 493. The predicted molar refractivity (Wildman–Crippen MR) is 76.6 cm³/mol. The summed E-state index contributed by atoms with van der Waals surface area (Å²) in [6.07, 6.45) is 0.474. The molecule has 1 aliphatic heterocycles. The van der Waals surface area contributed by atoms with Gasteiger partial charge in [-0.15, -0.1) is 0 Å². The fourth-order valence-corrected chi connectivity index (χ4v) is 2.57. The van der Waals surface area contributed by atoms with Crippen LogP contribution in [0.4, 0.5) is 9.18 Å². The minimum absolute atomic E-state index is 0.107. The van der Waals surface area contributed by atoms with Gasteiger partial charge in [-0.2, -0.15) is 0 Å². The topological polar surface area (TPSA) is 29.5 Å². The Kier molecular flexibility index (Phi) is 4.23. The van der Waals surface area contributed by atoms with E-state index in [0.717, 1.165) is 12.0 Å². The first kappa shape index (κ1) is 15.1. The lowest BCUT2D eigenvalue weighted by molar-refractivity contribution is 0.0292. The van der Waals surface area contributed by atoms with E-state index >= 15 is 0 Å². The molecule has 1 saturated heterocycles. The van der Waals surface area contributed by atoms with Gasteiger partial charge in [0.15, 0.2) is 0 Å². The molecule has 2 rings (SSSR count). The number of halogens is 2. The lowest BCUT2D eigenvalue weighted by Gasteiger charge is -2.24. The van der Waals surface area contributed by atoms with Crippen LogP contribution in [-0.4, -0.2) is 29.7 Å². The van der Waals surface area contributed by atoms with E-state index < -0.39 is 5.60 Å². The van der Waals surface area contributed by atoms with E-state index in [1.807, 2.05) is 20.8 Å². The van der Waals surface area contributed by atoms with Crippen LogP contribution in [0.1, 0.15) is 38.7 Å². The molecule has 1 fully saturated rings. The summed E-state index contributed by atoms with van der Waals surface area (Å²) in [6.45, 7) is 6.67. The number of benzene rings is 1. The fourth-order valence-electron chi connectivity index (χ4n) is 2.34. The summed E-state index contributed by atoms with van der Waals surface area (Å²) in [5.74, 6) is -0.237. The van der Waals surface area contributed by atoms with E-state index in [-0.39, 0.29) is 17.8 Å². The van der Waals surface area contributed by atoms with Gasteiger partial charge in [0.1, 0.15) is 11.4 Å². The van der Waals surface area contributed by atoms with Crippen molar-refractivity contribution in [1.29, 1.82) is 0 Å². The van der Waals surface area contributed by atoms with E-state index in [1.54, 1.807) is 11.0 Å². The van der Waals surface area contributed by atoms with Crippen LogP contribution in [0.15, 0.2) is 18.2 Å². The molecule has 0 radical (unpaired) electrons. The van der Waals surface area contributed by atoms with Gasteiger partial charge in [0.2, 0.25) is 0 Å². The number of carbonyl (C=O) groups is 1. The van der Waals surface area contributed by atoms with Crippen molar-refractivity contribution in [3.8, 4) is 0 Å². The van der Waals surface area contributed by atoms with E-state index in [9.17, 15) is 9.18 Å². The fraction of sp³-hybridized carbons (Fsp3) is 0.533. The van der Waals surface area contributed by atoms with Gasteiger partial charge < -0.3 is 9.64 Å². The molecule has 0 N–H and O–H groups in total. The van der Waals surface area contributed by atoms with Crippen LogP contribution in [0.25, 0.3) is 0 Å². The number of carbonyl (C=O) groups excluding carboxylic acids is 1. The molecule has 0 aliphatic carbocycles. The van der Waals surface area contributed by atoms with Crippen LogP contribution in [0.5, 0.6) is 0 Å². The van der Waals surface area contributed by atoms with Crippen molar-refractivity contribution in [2.75, 3.05) is 13.1 Å². The Morgan fingerprint density at radius 1 is 1.40 bits per heavy atom. The zero-order valence-electron chi connectivity index (χ0n) is 12.0. The molecule has 0 aromatic heterocycles. The molecule has 0 saturated carbocycles. The molecule has 1 amide bonds. The van der Waals surface area contributed by atoms with Gasteiger partial charge in [0.05, 0.1) is 0 Å². The summed E-state index contributed by atoms with van der Waals surface area (Å²) in [5.41, 5.74) is 0.332. The normalized spacial score (nSPS) is 19.2. The predicted octanol–water partition coefficient (Wildman–Crippen LogP) is 4.20. The highest BCUT2D eigenvalue weighted by atomic mass is 35.5. The first-order valence-electron chi connectivity index (χ1n) is 6.68. The third kappa shape index (κ3) is 3.85. The van der Waals surface area contributed by atoms with E-state index in [4.69, 9.17) is 16.3 Å². The second-order valence-electron chi connectivity index (χ2n) is 6.11. The minimum Gasteiger partial charge on any atom is -0.444 e. The Morgan fingerprint density at radius 3 is 2.70 bits per heavy atom. The summed E-state index contributed by atoms with van der Waals surface area (Å²) in [7, 11) is 0. The van der Waals surface area contributed by atoms with Crippen molar-refractivity contribution in [3.63, 3.8) is 0 Å². The van der Waals surface area contributed by atoms with Crippen LogP contribution in [0, 0.1) is 5.82 Å². The lowest BCUT2D eigenvalue weighted by atomic mass is 9.98. The number of ether oxygens (including phenoxy) is 1. The van der Waals surface area contributed by atoms with Gasteiger partial charge in [-0.25, -0.2) is 9.18 Å². The smallest absolute Gasteiger partial charge is 0.410 e. The number of likely N-dealkylation sites (tertiary alicyclic amines) is 1. The second kappa shape index (κ2) is 5.60. The van der Waals surface area contributed by atoms with Crippen molar-refractivity contribution in [1.82, 2.24) is 4.90 Å². The first-order chi connectivity index (χ1) is 9.24.